The molecule has 38 heavy (non-hydrogen) atoms. The van der Waals surface area contributed by atoms with Crippen LogP contribution in [0.25, 0.3) is 0 Å². The van der Waals surface area contributed by atoms with Gasteiger partial charge in [-0.2, -0.15) is 0 Å². The summed E-state index contributed by atoms with van der Waals surface area (Å²) >= 11 is 0. The third-order valence-corrected chi connectivity index (χ3v) is 12.5. The Morgan fingerprint density at radius 1 is 0.289 bits per heavy atom. The van der Waals surface area contributed by atoms with Crippen LogP contribution in [0.4, 0.5) is 17.6 Å². The van der Waals surface area contributed by atoms with Gasteiger partial charge >= 0.3 is 0 Å². The van der Waals surface area contributed by atoms with Crippen LogP contribution in [0.1, 0.15) is 0 Å². The van der Waals surface area contributed by atoms with E-state index in [1.165, 1.54) is 97.1 Å². The highest BCUT2D eigenvalue weighted by Crippen LogP contribution is 2.45. The summed E-state index contributed by atoms with van der Waals surface area (Å²) in [4.78, 5) is 0. The van der Waals surface area contributed by atoms with Crippen molar-refractivity contribution in [1.82, 2.24) is 0 Å². The largest absolute Gasteiger partial charge is 0.309 e. The lowest BCUT2D eigenvalue weighted by atomic mass is 10.3. The topological polar surface area (TPSA) is 34.1 Å². The Balaban J connectivity index is 1.67. The Hall–Kier alpha value is -3.72. The molecule has 0 bridgehead atoms. The maximum Gasteiger partial charge on any atom is 0.171 e. The van der Waals surface area contributed by atoms with Crippen molar-refractivity contribution in [3.05, 3.63) is 145 Å². The molecule has 5 rings (SSSR count). The fourth-order valence-corrected chi connectivity index (χ4v) is 9.57. The molecule has 0 aromatic heterocycles. The summed E-state index contributed by atoms with van der Waals surface area (Å²) < 4.78 is 83.9. The minimum Gasteiger partial charge on any atom is -0.309 e. The molecule has 0 aliphatic rings. The van der Waals surface area contributed by atoms with E-state index in [4.69, 9.17) is 0 Å². The maximum absolute atomic E-state index is 14.6. The zero-order valence-corrected chi connectivity index (χ0v) is 21.6. The van der Waals surface area contributed by atoms with E-state index in [0.29, 0.717) is 31.8 Å². The predicted molar refractivity (Wildman–Crippen MR) is 145 cm³/mol. The van der Waals surface area contributed by atoms with Crippen molar-refractivity contribution >= 4 is 46.1 Å². The Kier molecular flexibility index (Phi) is 6.96. The van der Waals surface area contributed by atoms with Gasteiger partial charge in [-0.1, -0.05) is 24.3 Å². The van der Waals surface area contributed by atoms with E-state index in [0.717, 1.165) is 0 Å². The fraction of sp³-hybridized carbons (Fsp3) is 0. The Morgan fingerprint density at radius 2 is 0.421 bits per heavy atom. The van der Waals surface area contributed by atoms with Gasteiger partial charge in [0.05, 0.1) is 0 Å². The van der Waals surface area contributed by atoms with Crippen LogP contribution in [0.2, 0.25) is 0 Å². The molecular formula is C30H20F4O2P2. The second-order valence-corrected chi connectivity index (χ2v) is 14.2. The molecule has 0 saturated heterocycles. The molecule has 0 fully saturated rings. The van der Waals surface area contributed by atoms with Crippen LogP contribution in [0.15, 0.2) is 121 Å². The van der Waals surface area contributed by atoms with Crippen molar-refractivity contribution in [3.63, 3.8) is 0 Å². The number of hydrogen-bond donors (Lipinski definition) is 0. The van der Waals surface area contributed by atoms with Crippen molar-refractivity contribution in [1.29, 1.82) is 0 Å². The van der Waals surface area contributed by atoms with Crippen molar-refractivity contribution in [2.75, 3.05) is 0 Å². The lowest BCUT2D eigenvalue weighted by Gasteiger charge is -2.23. The van der Waals surface area contributed by atoms with Crippen LogP contribution in [0.3, 0.4) is 0 Å². The highest BCUT2D eigenvalue weighted by atomic mass is 31.2. The molecule has 8 heteroatoms. The molecule has 0 N–H and O–H groups in total. The molecule has 0 amide bonds. The number of rotatable bonds is 6. The van der Waals surface area contributed by atoms with Crippen LogP contribution in [0, 0.1) is 23.3 Å². The third-order valence-electron chi connectivity index (χ3n) is 6.34. The molecule has 0 spiro atoms. The van der Waals surface area contributed by atoms with Gasteiger partial charge in [0.15, 0.2) is 14.3 Å². The first-order valence-electron chi connectivity index (χ1n) is 11.6. The summed E-state index contributed by atoms with van der Waals surface area (Å²) in [7, 11) is -7.13. The van der Waals surface area contributed by atoms with Crippen molar-refractivity contribution < 1.29 is 26.7 Å². The average molecular weight is 550 g/mol. The van der Waals surface area contributed by atoms with Gasteiger partial charge in [0.1, 0.15) is 23.3 Å². The summed E-state index contributed by atoms with van der Waals surface area (Å²) in [5, 5.41) is 2.11. The van der Waals surface area contributed by atoms with Gasteiger partial charge in [0, 0.05) is 31.8 Å². The first-order chi connectivity index (χ1) is 18.2. The molecule has 2 nitrogen and oxygen atoms in total. The van der Waals surface area contributed by atoms with E-state index in [-0.39, 0.29) is 0 Å². The van der Waals surface area contributed by atoms with Gasteiger partial charge in [-0.05, 0) is 97.1 Å². The van der Waals surface area contributed by atoms with Crippen molar-refractivity contribution in [2.24, 2.45) is 0 Å². The average Bonchev–Trinajstić information content (AvgIpc) is 2.94. The van der Waals surface area contributed by atoms with Gasteiger partial charge < -0.3 is 9.13 Å². The Bertz CT molecular complexity index is 1440. The first kappa shape index (κ1) is 25.9. The molecule has 5 aromatic carbocycles. The fourth-order valence-electron chi connectivity index (χ4n) is 4.37. The summed E-state index contributed by atoms with van der Waals surface area (Å²) in [6.45, 7) is 0. The molecule has 0 atom stereocenters. The maximum atomic E-state index is 14.6. The number of hydrogen-bond acceptors (Lipinski definition) is 2. The standard InChI is InChI=1S/C30H20F4O2P2/c31-21-1-9-25(10-2-21)37(35,26-11-3-22(32)4-12-26)29-17-19-30(20-18-29)38(36,27-13-5-23(33)6-14-27)28-15-7-24(34)8-16-28/h1-20H. The zero-order valence-electron chi connectivity index (χ0n) is 19.8. The van der Waals surface area contributed by atoms with Crippen LogP contribution < -0.4 is 31.8 Å². The van der Waals surface area contributed by atoms with E-state index in [1.54, 1.807) is 24.3 Å². The highest BCUT2D eigenvalue weighted by molar-refractivity contribution is 7.86. The van der Waals surface area contributed by atoms with Crippen LogP contribution in [-0.4, -0.2) is 0 Å². The normalized spacial score (nSPS) is 11.9. The van der Waals surface area contributed by atoms with E-state index in [2.05, 4.69) is 0 Å². The molecule has 0 radical (unpaired) electrons. The quantitative estimate of drug-likeness (QED) is 0.206. The Labute approximate surface area is 217 Å². The summed E-state index contributed by atoms with van der Waals surface area (Å²) in [6.07, 6.45) is 0. The molecule has 5 aromatic rings. The number of halogens is 4. The summed E-state index contributed by atoms with van der Waals surface area (Å²) in [6, 6.07) is 27.3. The third kappa shape index (κ3) is 4.67. The van der Waals surface area contributed by atoms with Gasteiger partial charge in [0.2, 0.25) is 0 Å². The Morgan fingerprint density at radius 3 is 0.579 bits per heavy atom. The highest BCUT2D eigenvalue weighted by Gasteiger charge is 2.33. The second-order valence-electron chi connectivity index (χ2n) is 8.64. The van der Waals surface area contributed by atoms with E-state index < -0.39 is 37.6 Å². The summed E-state index contributed by atoms with van der Waals surface area (Å²) in [5.41, 5.74) is 0. The van der Waals surface area contributed by atoms with Crippen molar-refractivity contribution in [3.8, 4) is 0 Å². The molecule has 0 heterocycles. The van der Waals surface area contributed by atoms with Crippen LogP contribution >= 0.6 is 14.3 Å². The van der Waals surface area contributed by atoms with Crippen LogP contribution in [0.5, 0.6) is 0 Å². The lowest BCUT2D eigenvalue weighted by molar-refractivity contribution is 0.591. The minimum absolute atomic E-state index is 0.346. The zero-order chi connectivity index (χ0) is 26.9. The SMILES string of the molecule is O=P(c1ccc(F)cc1)(c1ccc(F)cc1)c1ccc(P(=O)(c2ccc(F)cc2)c2ccc(F)cc2)cc1. The number of benzene rings is 5. The molecule has 0 saturated carbocycles. The molecule has 190 valence electrons. The van der Waals surface area contributed by atoms with E-state index in [1.807, 2.05) is 0 Å². The predicted octanol–water partition coefficient (Wildman–Crippen LogP) is 5.52. The van der Waals surface area contributed by atoms with Gasteiger partial charge in [0.25, 0.3) is 0 Å². The van der Waals surface area contributed by atoms with E-state index in [9.17, 15) is 26.7 Å². The monoisotopic (exact) mass is 550 g/mol. The van der Waals surface area contributed by atoms with Gasteiger partial charge in [-0.25, -0.2) is 17.6 Å². The molecule has 0 unspecified atom stereocenters. The molecular weight excluding hydrogens is 530 g/mol. The lowest BCUT2D eigenvalue weighted by Crippen LogP contribution is -2.28. The van der Waals surface area contributed by atoms with E-state index >= 15 is 0 Å². The van der Waals surface area contributed by atoms with Crippen molar-refractivity contribution in [2.45, 2.75) is 0 Å². The molecule has 0 aliphatic carbocycles. The minimum atomic E-state index is -3.57. The smallest absolute Gasteiger partial charge is 0.171 e. The summed E-state index contributed by atoms with van der Waals surface area (Å²) in [5.74, 6) is -1.97. The first-order valence-corrected chi connectivity index (χ1v) is 15.0. The van der Waals surface area contributed by atoms with Gasteiger partial charge in [-0.15, -0.1) is 0 Å². The second kappa shape index (κ2) is 10.2. The molecule has 0 aliphatic heterocycles. The van der Waals surface area contributed by atoms with Crippen LogP contribution in [-0.2, 0) is 9.13 Å². The van der Waals surface area contributed by atoms with Gasteiger partial charge in [-0.3, -0.25) is 0 Å².